The summed E-state index contributed by atoms with van der Waals surface area (Å²) in [5.74, 6) is -1.05. The van der Waals surface area contributed by atoms with Gasteiger partial charge >= 0.3 is 6.03 Å². The lowest BCUT2D eigenvalue weighted by Crippen LogP contribution is -2.58. The zero-order chi connectivity index (χ0) is 24.3. The summed E-state index contributed by atoms with van der Waals surface area (Å²) < 4.78 is 5.72. The largest absolute Gasteiger partial charge is 0.464 e. The topological polar surface area (TPSA) is 105 Å². The number of imide groups is 1. The van der Waals surface area contributed by atoms with Crippen molar-refractivity contribution in [2.45, 2.75) is 6.42 Å². The van der Waals surface area contributed by atoms with Gasteiger partial charge in [0, 0.05) is 66.8 Å². The number of aliphatic imine (C=N–C) groups is 1. The van der Waals surface area contributed by atoms with Crippen LogP contribution in [0.3, 0.4) is 0 Å². The molecule has 3 aromatic rings. The number of aromatic nitrogens is 1. The van der Waals surface area contributed by atoms with Crippen LogP contribution < -0.4 is 9.80 Å². The van der Waals surface area contributed by atoms with Crippen molar-refractivity contribution in [3.8, 4) is 0 Å². The first-order valence-electron chi connectivity index (χ1n) is 11.3. The normalized spacial score (nSPS) is 21.0. The summed E-state index contributed by atoms with van der Waals surface area (Å²) in [6, 6.07) is 7.51. The molecular formula is C26H22N5O4+. The van der Waals surface area contributed by atoms with Crippen LogP contribution in [0.1, 0.15) is 16.7 Å². The minimum absolute atomic E-state index is 0.0605. The van der Waals surface area contributed by atoms with Crippen LogP contribution in [0, 0.1) is 0 Å². The van der Waals surface area contributed by atoms with Gasteiger partial charge in [0.25, 0.3) is 11.8 Å². The van der Waals surface area contributed by atoms with Gasteiger partial charge in [0.1, 0.15) is 12.1 Å². The molecule has 0 fully saturated rings. The quantitative estimate of drug-likeness (QED) is 0.460. The van der Waals surface area contributed by atoms with Crippen molar-refractivity contribution in [2.24, 2.45) is 4.99 Å². The zero-order valence-electron chi connectivity index (χ0n) is 19.2. The van der Waals surface area contributed by atoms with Crippen LogP contribution in [0.25, 0.3) is 22.1 Å². The average Bonchev–Trinajstić information content (AvgIpc) is 3.53. The van der Waals surface area contributed by atoms with E-state index in [1.165, 1.54) is 12.5 Å². The van der Waals surface area contributed by atoms with Gasteiger partial charge < -0.3 is 4.42 Å². The summed E-state index contributed by atoms with van der Waals surface area (Å²) in [6.45, 7) is 0.993. The van der Waals surface area contributed by atoms with E-state index in [4.69, 9.17) is 4.42 Å². The highest BCUT2D eigenvalue weighted by molar-refractivity contribution is 6.41. The number of furan rings is 1. The molecule has 4 amide bonds. The van der Waals surface area contributed by atoms with E-state index in [9.17, 15) is 14.4 Å². The second kappa shape index (κ2) is 7.57. The number of pyridine rings is 1. The van der Waals surface area contributed by atoms with Gasteiger partial charge in [0.15, 0.2) is 5.69 Å². The van der Waals surface area contributed by atoms with E-state index in [0.717, 1.165) is 23.1 Å². The number of para-hydroxylation sites is 1. The van der Waals surface area contributed by atoms with Gasteiger partial charge in [-0.1, -0.05) is 12.1 Å². The molecule has 0 saturated heterocycles. The van der Waals surface area contributed by atoms with Gasteiger partial charge in [0.05, 0.1) is 30.2 Å². The van der Waals surface area contributed by atoms with Crippen LogP contribution in [0.5, 0.6) is 0 Å². The lowest BCUT2D eigenvalue weighted by molar-refractivity contribution is -0.123. The molecule has 0 radical (unpaired) electrons. The summed E-state index contributed by atoms with van der Waals surface area (Å²) in [7, 11) is 3.48. The first kappa shape index (κ1) is 21.2. The van der Waals surface area contributed by atoms with Crippen molar-refractivity contribution >= 4 is 51.9 Å². The third-order valence-electron chi connectivity index (χ3n) is 6.88. The molecule has 9 heteroatoms. The molecule has 1 aromatic carbocycles. The number of amides is 4. The predicted octanol–water partition coefficient (Wildman–Crippen LogP) is 2.91. The van der Waals surface area contributed by atoms with Crippen LogP contribution in [-0.2, 0) is 16.0 Å². The van der Waals surface area contributed by atoms with Crippen LogP contribution in [-0.4, -0.2) is 61.1 Å². The van der Waals surface area contributed by atoms with E-state index in [1.807, 2.05) is 18.2 Å². The van der Waals surface area contributed by atoms with E-state index >= 15 is 0 Å². The van der Waals surface area contributed by atoms with Crippen LogP contribution in [0.4, 0.5) is 10.5 Å². The maximum atomic E-state index is 13.5. The van der Waals surface area contributed by atoms with Crippen LogP contribution in [0.2, 0.25) is 0 Å². The van der Waals surface area contributed by atoms with Gasteiger partial charge in [-0.15, -0.1) is 0 Å². The molecule has 174 valence electrons. The van der Waals surface area contributed by atoms with E-state index in [-0.39, 0.29) is 21.7 Å². The number of hydrogen-bond acceptors (Lipinski definition) is 6. The molecule has 0 bridgehead atoms. The standard InChI is InChI=1S/C26H21N5O4/c1-30(2)26(34)31-9-6-15-4-3-5-17(22(15)31)18(13-27-8-10-31)20-21(25(33)29-24(20)32)19-14-28-12-16-7-11-35-23(16)19/h3-5,7-8,11-14H,6,9-10H2,1-2H3/p+1. The van der Waals surface area contributed by atoms with Crippen molar-refractivity contribution in [3.05, 3.63) is 71.4 Å². The summed E-state index contributed by atoms with van der Waals surface area (Å²) in [5, 5.41) is 3.16. The third kappa shape index (κ3) is 2.95. The lowest BCUT2D eigenvalue weighted by atomic mass is 9.90. The maximum absolute atomic E-state index is 13.5. The maximum Gasteiger partial charge on any atom is 0.424 e. The molecule has 9 nitrogen and oxygen atoms in total. The second-order valence-corrected chi connectivity index (χ2v) is 9.05. The Balaban J connectivity index is 1.65. The number of quaternary nitrogens is 1. The Hall–Kier alpha value is -4.37. The molecule has 1 N–H and O–H groups in total. The number of nitrogens with one attached hydrogen (secondary N) is 1. The highest BCUT2D eigenvalue weighted by Gasteiger charge is 2.49. The number of carbonyl (C=O) groups is 3. The molecule has 0 saturated carbocycles. The fraction of sp³-hybridized carbons (Fsp3) is 0.192. The molecule has 3 aliphatic heterocycles. The predicted molar refractivity (Wildman–Crippen MR) is 131 cm³/mol. The number of carbonyl (C=O) groups excluding carboxylic acids is 3. The molecule has 1 atom stereocenters. The first-order valence-corrected chi connectivity index (χ1v) is 11.3. The van der Waals surface area contributed by atoms with Gasteiger partial charge in [-0.25, -0.2) is 9.28 Å². The Bertz CT molecular complexity index is 1540. The van der Waals surface area contributed by atoms with E-state index in [0.29, 0.717) is 35.4 Å². The van der Waals surface area contributed by atoms with Crippen molar-refractivity contribution in [3.63, 3.8) is 0 Å². The third-order valence-corrected chi connectivity index (χ3v) is 6.88. The number of benzene rings is 1. The van der Waals surface area contributed by atoms with Gasteiger partial charge in [0.2, 0.25) is 0 Å². The van der Waals surface area contributed by atoms with E-state index in [1.54, 1.807) is 43.7 Å². The zero-order valence-corrected chi connectivity index (χ0v) is 19.2. The van der Waals surface area contributed by atoms with E-state index < -0.39 is 11.8 Å². The Morgan fingerprint density at radius 1 is 1.09 bits per heavy atom. The fourth-order valence-electron chi connectivity index (χ4n) is 5.39. The average molecular weight is 468 g/mol. The SMILES string of the molecule is CN(C)C(=O)[N+]12CC=NC=C(C3=C(c4cncc5ccoc45)C(=O)NC3=O)c3cccc(c31)CC2. The van der Waals surface area contributed by atoms with Gasteiger partial charge in [-0.05, 0) is 12.1 Å². The molecule has 6 rings (SSSR count). The highest BCUT2D eigenvalue weighted by Crippen LogP contribution is 2.46. The van der Waals surface area contributed by atoms with Crippen molar-refractivity contribution in [2.75, 3.05) is 27.2 Å². The lowest BCUT2D eigenvalue weighted by Gasteiger charge is -2.34. The fourth-order valence-corrected chi connectivity index (χ4v) is 5.39. The molecule has 5 heterocycles. The Morgan fingerprint density at radius 2 is 1.91 bits per heavy atom. The molecule has 0 spiro atoms. The molecule has 35 heavy (non-hydrogen) atoms. The summed E-state index contributed by atoms with van der Waals surface area (Å²) in [5.41, 5.74) is 4.35. The monoisotopic (exact) mass is 468 g/mol. The number of fused-ring (bicyclic) bond motifs is 1. The molecule has 0 aliphatic carbocycles. The first-order chi connectivity index (χ1) is 16.9. The van der Waals surface area contributed by atoms with Crippen molar-refractivity contribution in [1.29, 1.82) is 0 Å². The highest BCUT2D eigenvalue weighted by atomic mass is 16.3. The van der Waals surface area contributed by atoms with Crippen LogP contribution >= 0.6 is 0 Å². The minimum atomic E-state index is -0.527. The smallest absolute Gasteiger partial charge is 0.424 e. The number of rotatable bonds is 2. The number of urea groups is 1. The van der Waals surface area contributed by atoms with Crippen molar-refractivity contribution < 1.29 is 18.8 Å². The van der Waals surface area contributed by atoms with Gasteiger partial charge in [-0.3, -0.25) is 29.8 Å². The summed E-state index contributed by atoms with van der Waals surface area (Å²) >= 11 is 0. The Kier molecular flexibility index (Phi) is 4.58. The second-order valence-electron chi connectivity index (χ2n) is 9.05. The Labute approximate surface area is 200 Å². The summed E-state index contributed by atoms with van der Waals surface area (Å²) in [4.78, 5) is 50.1. The molecule has 3 aliphatic rings. The van der Waals surface area contributed by atoms with E-state index in [2.05, 4.69) is 15.3 Å². The molecule has 1 unspecified atom stereocenters. The van der Waals surface area contributed by atoms with Gasteiger partial charge in [-0.2, -0.15) is 0 Å². The minimum Gasteiger partial charge on any atom is -0.464 e. The molecular weight excluding hydrogens is 446 g/mol. The number of nitrogens with zero attached hydrogens (tertiary/aromatic N) is 4. The number of hydrogen-bond donors (Lipinski definition) is 1. The summed E-state index contributed by atoms with van der Waals surface area (Å²) in [6.07, 6.45) is 8.71. The molecule has 2 aromatic heterocycles. The Morgan fingerprint density at radius 3 is 2.74 bits per heavy atom. The van der Waals surface area contributed by atoms with Crippen LogP contribution in [0.15, 0.2) is 64.1 Å². The van der Waals surface area contributed by atoms with Crippen molar-refractivity contribution in [1.82, 2.24) is 19.7 Å².